The monoisotopic (exact) mass is 250 g/mol. The van der Waals surface area contributed by atoms with Crippen molar-refractivity contribution in [2.45, 2.75) is 26.0 Å². The lowest BCUT2D eigenvalue weighted by Crippen LogP contribution is -2.46. The van der Waals surface area contributed by atoms with Crippen molar-refractivity contribution < 1.29 is 13.5 Å². The highest BCUT2D eigenvalue weighted by molar-refractivity contribution is 7.91. The molecule has 0 saturated carbocycles. The Bertz CT molecular complexity index is 340. The molecular formula is C10H22N2O3S. The lowest BCUT2D eigenvalue weighted by atomic mass is 9.92. The summed E-state index contributed by atoms with van der Waals surface area (Å²) in [4.78, 5) is 1.90. The average molecular weight is 250 g/mol. The van der Waals surface area contributed by atoms with E-state index in [0.29, 0.717) is 13.1 Å². The van der Waals surface area contributed by atoms with Crippen molar-refractivity contribution in [3.05, 3.63) is 0 Å². The molecule has 96 valence electrons. The van der Waals surface area contributed by atoms with Crippen molar-refractivity contribution in [2.75, 3.05) is 31.6 Å². The summed E-state index contributed by atoms with van der Waals surface area (Å²) >= 11 is 0. The van der Waals surface area contributed by atoms with Crippen LogP contribution in [0, 0.1) is 5.41 Å². The van der Waals surface area contributed by atoms with E-state index in [4.69, 9.17) is 5.73 Å². The number of aliphatic hydroxyl groups excluding tert-OH is 1. The molecular weight excluding hydrogens is 228 g/mol. The van der Waals surface area contributed by atoms with Crippen LogP contribution in [0.2, 0.25) is 0 Å². The molecule has 6 heteroatoms. The molecule has 1 aliphatic rings. The predicted molar refractivity (Wildman–Crippen MR) is 63.9 cm³/mol. The Morgan fingerprint density at radius 2 is 2.00 bits per heavy atom. The zero-order valence-corrected chi connectivity index (χ0v) is 11.0. The van der Waals surface area contributed by atoms with E-state index in [1.165, 1.54) is 0 Å². The first-order chi connectivity index (χ1) is 7.17. The highest BCUT2D eigenvalue weighted by Crippen LogP contribution is 2.21. The van der Waals surface area contributed by atoms with Gasteiger partial charge in [-0.1, -0.05) is 13.8 Å². The van der Waals surface area contributed by atoms with Crippen molar-refractivity contribution in [1.82, 2.24) is 4.90 Å². The summed E-state index contributed by atoms with van der Waals surface area (Å²) in [6.45, 7) is 5.27. The third-order valence-electron chi connectivity index (χ3n) is 3.09. The van der Waals surface area contributed by atoms with Crippen LogP contribution in [0.3, 0.4) is 0 Å². The van der Waals surface area contributed by atoms with Crippen LogP contribution in [0.5, 0.6) is 0 Å². The van der Waals surface area contributed by atoms with Crippen molar-refractivity contribution in [3.8, 4) is 0 Å². The molecule has 2 atom stereocenters. The highest BCUT2D eigenvalue weighted by atomic mass is 32.2. The number of rotatable bonds is 4. The van der Waals surface area contributed by atoms with Gasteiger partial charge in [0.05, 0.1) is 23.7 Å². The minimum Gasteiger partial charge on any atom is -0.390 e. The SMILES string of the molecule is CN(CC(C)(C)CN)C1CS(=O)(=O)CC1O. The fourth-order valence-electron chi connectivity index (χ4n) is 2.09. The van der Waals surface area contributed by atoms with Crippen LogP contribution < -0.4 is 5.73 Å². The maximum atomic E-state index is 11.4. The van der Waals surface area contributed by atoms with Crippen LogP contribution in [0.4, 0.5) is 0 Å². The topological polar surface area (TPSA) is 83.6 Å². The lowest BCUT2D eigenvalue weighted by Gasteiger charge is -2.33. The normalized spacial score (nSPS) is 29.9. The van der Waals surface area contributed by atoms with E-state index < -0.39 is 15.9 Å². The van der Waals surface area contributed by atoms with Crippen molar-refractivity contribution in [2.24, 2.45) is 11.1 Å². The highest BCUT2D eigenvalue weighted by Gasteiger charge is 2.39. The number of sulfone groups is 1. The molecule has 0 aromatic rings. The number of nitrogens with two attached hydrogens (primary N) is 1. The molecule has 0 aromatic heterocycles. The maximum absolute atomic E-state index is 11.4. The Hall–Kier alpha value is -0.170. The largest absolute Gasteiger partial charge is 0.390 e. The maximum Gasteiger partial charge on any atom is 0.154 e. The van der Waals surface area contributed by atoms with E-state index in [0.717, 1.165) is 0 Å². The molecule has 0 spiro atoms. The van der Waals surface area contributed by atoms with E-state index in [2.05, 4.69) is 0 Å². The molecule has 1 saturated heterocycles. The van der Waals surface area contributed by atoms with Gasteiger partial charge in [0.15, 0.2) is 9.84 Å². The van der Waals surface area contributed by atoms with Gasteiger partial charge < -0.3 is 10.8 Å². The van der Waals surface area contributed by atoms with Gasteiger partial charge in [-0.2, -0.15) is 0 Å². The van der Waals surface area contributed by atoms with E-state index in [9.17, 15) is 13.5 Å². The van der Waals surface area contributed by atoms with Crippen LogP contribution in [0.25, 0.3) is 0 Å². The van der Waals surface area contributed by atoms with Gasteiger partial charge in [-0.25, -0.2) is 8.42 Å². The molecule has 0 aromatic carbocycles. The number of hydrogen-bond acceptors (Lipinski definition) is 5. The smallest absolute Gasteiger partial charge is 0.154 e. The second-order valence-corrected chi connectivity index (χ2v) is 7.65. The summed E-state index contributed by atoms with van der Waals surface area (Å²) in [7, 11) is -1.24. The molecule has 16 heavy (non-hydrogen) atoms. The Balaban J connectivity index is 2.66. The number of aliphatic hydroxyl groups is 1. The van der Waals surface area contributed by atoms with Crippen LogP contribution in [0.1, 0.15) is 13.8 Å². The molecule has 0 radical (unpaired) electrons. The first-order valence-electron chi connectivity index (χ1n) is 5.46. The first kappa shape index (κ1) is 13.9. The Morgan fingerprint density at radius 1 is 1.44 bits per heavy atom. The van der Waals surface area contributed by atoms with Gasteiger partial charge in [0.25, 0.3) is 0 Å². The zero-order valence-electron chi connectivity index (χ0n) is 10.2. The van der Waals surface area contributed by atoms with E-state index in [1.54, 1.807) is 0 Å². The second kappa shape index (κ2) is 4.60. The third kappa shape index (κ3) is 3.41. The van der Waals surface area contributed by atoms with Crippen LogP contribution in [0.15, 0.2) is 0 Å². The lowest BCUT2D eigenvalue weighted by molar-refractivity contribution is 0.0774. The van der Waals surface area contributed by atoms with E-state index in [-0.39, 0.29) is 23.0 Å². The summed E-state index contributed by atoms with van der Waals surface area (Å²) in [5.41, 5.74) is 5.57. The van der Waals surface area contributed by atoms with Crippen LogP contribution in [-0.4, -0.2) is 62.2 Å². The van der Waals surface area contributed by atoms with Gasteiger partial charge in [-0.05, 0) is 19.0 Å². The zero-order chi connectivity index (χ0) is 12.6. The van der Waals surface area contributed by atoms with Gasteiger partial charge >= 0.3 is 0 Å². The van der Waals surface area contributed by atoms with Gasteiger partial charge in [-0.15, -0.1) is 0 Å². The minimum atomic E-state index is -3.07. The van der Waals surface area contributed by atoms with Crippen LogP contribution in [-0.2, 0) is 9.84 Å². The van der Waals surface area contributed by atoms with Crippen molar-refractivity contribution >= 4 is 9.84 Å². The van der Waals surface area contributed by atoms with E-state index in [1.807, 2.05) is 25.8 Å². The van der Waals surface area contributed by atoms with Crippen LogP contribution >= 0.6 is 0 Å². The summed E-state index contributed by atoms with van der Waals surface area (Å²) in [5.74, 6) is -0.0730. The predicted octanol–water partition coefficient (Wildman–Crippen LogP) is -0.939. The first-order valence-corrected chi connectivity index (χ1v) is 7.28. The molecule has 5 nitrogen and oxygen atoms in total. The van der Waals surface area contributed by atoms with Gasteiger partial charge in [0.1, 0.15) is 0 Å². The van der Waals surface area contributed by atoms with Crippen molar-refractivity contribution in [1.29, 1.82) is 0 Å². The average Bonchev–Trinajstić information content (AvgIpc) is 2.39. The fourth-order valence-corrected chi connectivity index (χ4v) is 3.96. The summed E-state index contributed by atoms with van der Waals surface area (Å²) < 4.78 is 22.8. The number of likely N-dealkylation sites (N-methyl/N-ethyl adjacent to an activating group) is 1. The molecule has 1 heterocycles. The molecule has 1 fully saturated rings. The molecule has 1 aliphatic heterocycles. The summed E-state index contributed by atoms with van der Waals surface area (Å²) in [6, 6.07) is -0.296. The fraction of sp³-hybridized carbons (Fsp3) is 1.00. The second-order valence-electron chi connectivity index (χ2n) is 5.50. The van der Waals surface area contributed by atoms with E-state index >= 15 is 0 Å². The van der Waals surface area contributed by atoms with Gasteiger partial charge in [0.2, 0.25) is 0 Å². The molecule has 0 bridgehead atoms. The number of nitrogens with zero attached hydrogens (tertiary/aromatic N) is 1. The Kier molecular flexibility index (Phi) is 3.99. The summed E-state index contributed by atoms with van der Waals surface area (Å²) in [6.07, 6.45) is -0.774. The standard InChI is InChI=1S/C10H22N2O3S/c1-10(2,6-11)7-12(3)8-4-16(14,15)5-9(8)13/h8-9,13H,4-7,11H2,1-3H3. The molecule has 2 unspecified atom stereocenters. The third-order valence-corrected chi connectivity index (χ3v) is 4.79. The van der Waals surface area contributed by atoms with Crippen molar-refractivity contribution in [3.63, 3.8) is 0 Å². The number of hydrogen-bond donors (Lipinski definition) is 2. The van der Waals surface area contributed by atoms with Gasteiger partial charge in [0, 0.05) is 6.54 Å². The quantitative estimate of drug-likeness (QED) is 0.673. The Morgan fingerprint density at radius 3 is 2.38 bits per heavy atom. The Labute approximate surface area is 97.5 Å². The van der Waals surface area contributed by atoms with Gasteiger partial charge in [-0.3, -0.25) is 4.90 Å². The minimum absolute atomic E-state index is 0.0469. The molecule has 0 aliphatic carbocycles. The molecule has 3 N–H and O–H groups in total. The summed E-state index contributed by atoms with van der Waals surface area (Å²) in [5, 5.41) is 9.71. The molecule has 1 rings (SSSR count). The molecule has 0 amide bonds.